The van der Waals surface area contributed by atoms with E-state index in [2.05, 4.69) is 15.0 Å². The lowest BCUT2D eigenvalue weighted by Gasteiger charge is -2.14. The van der Waals surface area contributed by atoms with Crippen molar-refractivity contribution in [2.45, 2.75) is 26.1 Å². The molecule has 0 radical (unpaired) electrons. The number of ether oxygens (including phenoxy) is 2. The number of hydrogen-bond acceptors (Lipinski definition) is 5. The topological polar surface area (TPSA) is 43.4 Å². The van der Waals surface area contributed by atoms with Crippen LogP contribution in [-0.4, -0.2) is 18.7 Å². The summed E-state index contributed by atoms with van der Waals surface area (Å²) in [6.45, 7) is -0.361. The fourth-order valence-corrected chi connectivity index (χ4v) is 2.50. The fourth-order valence-electron chi connectivity index (χ4n) is 1.83. The molecule has 1 unspecified atom stereocenters. The Kier molecular flexibility index (Phi) is 5.46. The fraction of sp³-hybridized carbons (Fsp3) is 0.357. The van der Waals surface area contributed by atoms with E-state index < -0.39 is 6.61 Å². The first-order valence-corrected chi connectivity index (χ1v) is 7.22. The molecule has 0 saturated carbocycles. The van der Waals surface area contributed by atoms with Crippen molar-refractivity contribution >= 4 is 11.3 Å². The molecule has 1 atom stereocenters. The van der Waals surface area contributed by atoms with E-state index >= 15 is 0 Å². The highest BCUT2D eigenvalue weighted by Crippen LogP contribution is 2.29. The molecule has 114 valence electrons. The van der Waals surface area contributed by atoms with Crippen LogP contribution in [0, 0.1) is 0 Å². The molecule has 0 aliphatic rings. The highest BCUT2D eigenvalue weighted by atomic mass is 32.1. The van der Waals surface area contributed by atoms with Crippen LogP contribution in [0.2, 0.25) is 0 Å². The van der Waals surface area contributed by atoms with Gasteiger partial charge in [-0.2, -0.15) is 8.78 Å². The molecular weight excluding hydrogens is 298 g/mol. The third kappa shape index (κ3) is 4.37. The number of nitrogens with zero attached hydrogens (tertiary/aromatic N) is 1. The van der Waals surface area contributed by atoms with Gasteiger partial charge in [0.05, 0.1) is 13.2 Å². The molecular formula is C14H16F2N2O2S. The summed E-state index contributed by atoms with van der Waals surface area (Å²) in [6, 6.07) is 5.06. The Balaban J connectivity index is 2.03. The standard InChI is InChI=1S/C14H16F2N2O2S/c1-9(13-17-5-6-21-13)18-8-10-3-4-11(19-2)12(7-10)20-14(15)16/h3-7,9,14,18H,8H2,1-2H3. The molecule has 1 heterocycles. The molecule has 0 fully saturated rings. The van der Waals surface area contributed by atoms with Crippen molar-refractivity contribution in [2.24, 2.45) is 0 Å². The molecule has 1 aromatic carbocycles. The van der Waals surface area contributed by atoms with Crippen molar-refractivity contribution in [2.75, 3.05) is 7.11 Å². The van der Waals surface area contributed by atoms with E-state index in [1.54, 1.807) is 35.7 Å². The lowest BCUT2D eigenvalue weighted by molar-refractivity contribution is -0.0512. The number of rotatable bonds is 7. The second-order valence-electron chi connectivity index (χ2n) is 4.34. The van der Waals surface area contributed by atoms with E-state index in [-0.39, 0.29) is 17.5 Å². The zero-order valence-electron chi connectivity index (χ0n) is 11.7. The number of thiazole rings is 1. The van der Waals surface area contributed by atoms with Crippen molar-refractivity contribution in [3.05, 3.63) is 40.3 Å². The van der Waals surface area contributed by atoms with Gasteiger partial charge in [0.25, 0.3) is 0 Å². The van der Waals surface area contributed by atoms with E-state index in [9.17, 15) is 8.78 Å². The van der Waals surface area contributed by atoms with Crippen LogP contribution in [-0.2, 0) is 6.54 Å². The van der Waals surface area contributed by atoms with Crippen LogP contribution in [0.1, 0.15) is 23.5 Å². The van der Waals surface area contributed by atoms with Crippen molar-refractivity contribution in [3.63, 3.8) is 0 Å². The van der Waals surface area contributed by atoms with Crippen LogP contribution in [0.4, 0.5) is 8.78 Å². The van der Waals surface area contributed by atoms with Gasteiger partial charge in [0.2, 0.25) is 0 Å². The van der Waals surface area contributed by atoms with E-state index in [1.165, 1.54) is 7.11 Å². The van der Waals surface area contributed by atoms with Gasteiger partial charge in [0.15, 0.2) is 11.5 Å². The van der Waals surface area contributed by atoms with Crippen molar-refractivity contribution in [3.8, 4) is 11.5 Å². The van der Waals surface area contributed by atoms with Crippen LogP contribution >= 0.6 is 11.3 Å². The van der Waals surface area contributed by atoms with Crippen LogP contribution in [0.3, 0.4) is 0 Å². The Morgan fingerprint density at radius 2 is 2.14 bits per heavy atom. The summed E-state index contributed by atoms with van der Waals surface area (Å²) < 4.78 is 34.2. The summed E-state index contributed by atoms with van der Waals surface area (Å²) in [6.07, 6.45) is 1.75. The Bertz CT molecular complexity index is 564. The highest BCUT2D eigenvalue weighted by molar-refractivity contribution is 7.09. The zero-order valence-corrected chi connectivity index (χ0v) is 12.5. The molecule has 0 amide bonds. The number of methoxy groups -OCH3 is 1. The summed E-state index contributed by atoms with van der Waals surface area (Å²) in [4.78, 5) is 4.22. The van der Waals surface area contributed by atoms with E-state index in [0.717, 1.165) is 10.6 Å². The van der Waals surface area contributed by atoms with Gasteiger partial charge in [-0.05, 0) is 24.6 Å². The Morgan fingerprint density at radius 3 is 2.76 bits per heavy atom. The maximum atomic E-state index is 12.4. The van der Waals surface area contributed by atoms with E-state index in [1.807, 2.05) is 12.3 Å². The molecule has 7 heteroatoms. The first-order chi connectivity index (χ1) is 10.1. The number of aromatic nitrogens is 1. The van der Waals surface area contributed by atoms with Gasteiger partial charge in [-0.15, -0.1) is 11.3 Å². The lowest BCUT2D eigenvalue weighted by Crippen LogP contribution is -2.18. The summed E-state index contributed by atoms with van der Waals surface area (Å²) in [7, 11) is 1.41. The number of nitrogens with one attached hydrogen (secondary N) is 1. The van der Waals surface area contributed by atoms with Crippen molar-refractivity contribution in [1.82, 2.24) is 10.3 Å². The lowest BCUT2D eigenvalue weighted by atomic mass is 10.2. The molecule has 0 bridgehead atoms. The number of hydrogen-bond donors (Lipinski definition) is 1. The molecule has 0 aliphatic heterocycles. The molecule has 4 nitrogen and oxygen atoms in total. The monoisotopic (exact) mass is 314 g/mol. The van der Waals surface area contributed by atoms with Gasteiger partial charge in [0.1, 0.15) is 5.01 Å². The summed E-state index contributed by atoms with van der Waals surface area (Å²) in [5.41, 5.74) is 0.829. The normalized spacial score (nSPS) is 12.4. The van der Waals surface area contributed by atoms with Crippen LogP contribution < -0.4 is 14.8 Å². The SMILES string of the molecule is COc1ccc(CNC(C)c2nccs2)cc1OC(F)F. The number of alkyl halides is 2. The predicted octanol–water partition coefficient (Wildman–Crippen LogP) is 3.60. The molecule has 1 N–H and O–H groups in total. The van der Waals surface area contributed by atoms with E-state index in [0.29, 0.717) is 6.54 Å². The summed E-state index contributed by atoms with van der Waals surface area (Å²) in [5.74, 6) is 0.320. The Labute approximate surface area is 125 Å². The number of benzene rings is 1. The van der Waals surface area contributed by atoms with Crippen LogP contribution in [0.5, 0.6) is 11.5 Å². The predicted molar refractivity (Wildman–Crippen MR) is 77.0 cm³/mol. The third-order valence-corrected chi connectivity index (χ3v) is 3.84. The van der Waals surface area contributed by atoms with Crippen molar-refractivity contribution in [1.29, 1.82) is 0 Å². The van der Waals surface area contributed by atoms with Crippen LogP contribution in [0.25, 0.3) is 0 Å². The molecule has 0 saturated heterocycles. The van der Waals surface area contributed by atoms with Crippen LogP contribution in [0.15, 0.2) is 29.8 Å². The molecule has 2 rings (SSSR count). The maximum absolute atomic E-state index is 12.4. The van der Waals surface area contributed by atoms with E-state index in [4.69, 9.17) is 4.74 Å². The molecule has 1 aromatic heterocycles. The van der Waals surface area contributed by atoms with Gasteiger partial charge in [-0.3, -0.25) is 0 Å². The zero-order chi connectivity index (χ0) is 15.2. The third-order valence-electron chi connectivity index (χ3n) is 2.88. The minimum atomic E-state index is -2.88. The minimum absolute atomic E-state index is 0.0358. The van der Waals surface area contributed by atoms with Gasteiger partial charge in [0, 0.05) is 18.1 Å². The highest BCUT2D eigenvalue weighted by Gasteiger charge is 2.12. The largest absolute Gasteiger partial charge is 0.493 e. The second kappa shape index (κ2) is 7.33. The first kappa shape index (κ1) is 15.7. The van der Waals surface area contributed by atoms with Crippen molar-refractivity contribution < 1.29 is 18.3 Å². The summed E-state index contributed by atoms with van der Waals surface area (Å²) in [5, 5.41) is 6.17. The summed E-state index contributed by atoms with van der Waals surface area (Å²) >= 11 is 1.57. The second-order valence-corrected chi connectivity index (χ2v) is 5.26. The average Bonchev–Trinajstić information content (AvgIpc) is 2.98. The minimum Gasteiger partial charge on any atom is -0.493 e. The van der Waals surface area contributed by atoms with Gasteiger partial charge >= 0.3 is 6.61 Å². The average molecular weight is 314 g/mol. The molecule has 0 spiro atoms. The molecule has 0 aliphatic carbocycles. The van der Waals surface area contributed by atoms with Gasteiger partial charge in [-0.25, -0.2) is 4.98 Å². The maximum Gasteiger partial charge on any atom is 0.387 e. The van der Waals surface area contributed by atoms with Gasteiger partial charge in [-0.1, -0.05) is 6.07 Å². The molecule has 21 heavy (non-hydrogen) atoms. The quantitative estimate of drug-likeness (QED) is 0.848. The molecule has 2 aromatic rings. The number of halogens is 2. The van der Waals surface area contributed by atoms with Gasteiger partial charge < -0.3 is 14.8 Å². The smallest absolute Gasteiger partial charge is 0.387 e. The first-order valence-electron chi connectivity index (χ1n) is 6.34. The Morgan fingerprint density at radius 1 is 1.33 bits per heavy atom. The Hall–Kier alpha value is -1.73.